The van der Waals surface area contributed by atoms with Crippen LogP contribution in [0.1, 0.15) is 67.4 Å². The van der Waals surface area contributed by atoms with Crippen LogP contribution in [-0.4, -0.2) is 38.7 Å². The molecule has 2 aromatic heterocycles. The van der Waals surface area contributed by atoms with Crippen molar-refractivity contribution in [1.82, 2.24) is 19.7 Å². The normalized spacial score (nSPS) is 20.6. The fraction of sp³-hybridized carbons (Fsp3) is 0.650. The van der Waals surface area contributed by atoms with Gasteiger partial charge >= 0.3 is 0 Å². The zero-order valence-corrected chi connectivity index (χ0v) is 16.2. The van der Waals surface area contributed by atoms with Gasteiger partial charge in [0.15, 0.2) is 0 Å². The van der Waals surface area contributed by atoms with Crippen molar-refractivity contribution in [2.24, 2.45) is 0 Å². The highest BCUT2D eigenvalue weighted by Crippen LogP contribution is 2.28. The summed E-state index contributed by atoms with van der Waals surface area (Å²) in [6, 6.07) is 4.24. The Morgan fingerprint density at radius 1 is 1.19 bits per heavy atom. The second kappa shape index (κ2) is 8.33. The minimum atomic E-state index is 0.307. The number of hydrogen-bond acceptors (Lipinski definition) is 4. The minimum absolute atomic E-state index is 0.307. The largest absolute Gasteiger partial charge is 0.342 e. The molecule has 1 fully saturated rings. The number of rotatable bonds is 5. The second-order valence-corrected chi connectivity index (χ2v) is 8.58. The van der Waals surface area contributed by atoms with Crippen molar-refractivity contribution in [3.8, 4) is 0 Å². The molecular formula is C20H28N4OS. The predicted molar refractivity (Wildman–Crippen MR) is 103 cm³/mol. The van der Waals surface area contributed by atoms with Gasteiger partial charge in [-0.1, -0.05) is 12.5 Å². The number of thiophene rings is 1. The van der Waals surface area contributed by atoms with Crippen molar-refractivity contribution >= 4 is 17.2 Å². The van der Waals surface area contributed by atoms with Crippen LogP contribution in [0, 0.1) is 0 Å². The number of aryl methyl sites for hydroxylation is 2. The van der Waals surface area contributed by atoms with Gasteiger partial charge in [-0.15, -0.1) is 21.5 Å². The number of fused-ring (bicyclic) bond motifs is 1. The number of carbonyl (C=O) groups is 1. The number of amides is 1. The van der Waals surface area contributed by atoms with Crippen molar-refractivity contribution in [3.63, 3.8) is 0 Å². The maximum Gasteiger partial charge on any atom is 0.222 e. The predicted octanol–water partition coefficient (Wildman–Crippen LogP) is 3.79. The number of nitrogens with zero attached hydrogens (tertiary/aromatic N) is 4. The Morgan fingerprint density at radius 2 is 2.15 bits per heavy atom. The highest BCUT2D eigenvalue weighted by Gasteiger charge is 2.29. The zero-order chi connectivity index (χ0) is 17.8. The van der Waals surface area contributed by atoms with Crippen molar-refractivity contribution in [2.75, 3.05) is 13.1 Å². The first-order valence-corrected chi connectivity index (χ1v) is 10.9. The van der Waals surface area contributed by atoms with Crippen LogP contribution in [-0.2, 0) is 24.2 Å². The molecule has 4 heterocycles. The molecule has 2 aliphatic heterocycles. The summed E-state index contributed by atoms with van der Waals surface area (Å²) in [6.45, 7) is 2.76. The Morgan fingerprint density at radius 3 is 3.04 bits per heavy atom. The average molecular weight is 373 g/mol. The van der Waals surface area contributed by atoms with E-state index >= 15 is 0 Å². The molecule has 0 spiro atoms. The molecule has 1 atom stereocenters. The van der Waals surface area contributed by atoms with Gasteiger partial charge in [0.25, 0.3) is 0 Å². The van der Waals surface area contributed by atoms with E-state index in [1.165, 1.54) is 24.1 Å². The van der Waals surface area contributed by atoms with Gasteiger partial charge in [0.05, 0.1) is 0 Å². The summed E-state index contributed by atoms with van der Waals surface area (Å²) in [5.41, 5.74) is 0. The maximum atomic E-state index is 12.7. The van der Waals surface area contributed by atoms with Gasteiger partial charge in [-0.05, 0) is 50.0 Å². The standard InChI is InChI=1S/C20H28N4OS/c25-19(11-4-8-17-9-6-14-26-17)23-12-5-7-16(15-23)20-22-21-18-10-2-1-3-13-24(18)20/h6,9,14,16H,1-5,7-8,10-13,15H2/t16-/m0/s1. The van der Waals surface area contributed by atoms with Gasteiger partial charge in [0, 0.05) is 43.3 Å². The molecule has 0 N–H and O–H groups in total. The van der Waals surface area contributed by atoms with E-state index in [1.54, 1.807) is 11.3 Å². The van der Waals surface area contributed by atoms with Crippen LogP contribution in [0.3, 0.4) is 0 Å². The Balaban J connectivity index is 1.35. The van der Waals surface area contributed by atoms with Crippen LogP contribution < -0.4 is 0 Å². The Bertz CT molecular complexity index is 724. The van der Waals surface area contributed by atoms with E-state index in [9.17, 15) is 4.79 Å². The second-order valence-electron chi connectivity index (χ2n) is 7.55. The molecular weight excluding hydrogens is 344 g/mol. The summed E-state index contributed by atoms with van der Waals surface area (Å²) in [7, 11) is 0. The first-order valence-electron chi connectivity index (χ1n) is 10.0. The lowest BCUT2D eigenvalue weighted by Crippen LogP contribution is -2.39. The molecule has 0 bridgehead atoms. The van der Waals surface area contributed by atoms with E-state index in [0.29, 0.717) is 18.2 Å². The number of piperidine rings is 1. The third-order valence-corrected chi connectivity index (χ3v) is 6.61. The Kier molecular flexibility index (Phi) is 5.68. The molecule has 2 aromatic rings. The lowest BCUT2D eigenvalue weighted by atomic mass is 9.96. The van der Waals surface area contributed by atoms with Crippen LogP contribution >= 0.6 is 11.3 Å². The zero-order valence-electron chi connectivity index (χ0n) is 15.4. The molecule has 1 saturated heterocycles. The van der Waals surface area contributed by atoms with Crippen LogP contribution in [0.4, 0.5) is 0 Å². The first-order chi connectivity index (χ1) is 12.8. The summed E-state index contributed by atoms with van der Waals surface area (Å²) in [4.78, 5) is 16.1. The molecule has 0 unspecified atom stereocenters. The third kappa shape index (κ3) is 4.00. The van der Waals surface area contributed by atoms with Crippen molar-refractivity contribution in [2.45, 2.75) is 70.3 Å². The quantitative estimate of drug-likeness (QED) is 0.802. The van der Waals surface area contributed by atoms with Gasteiger partial charge in [-0.25, -0.2) is 0 Å². The van der Waals surface area contributed by atoms with E-state index in [4.69, 9.17) is 0 Å². The molecule has 140 valence electrons. The van der Waals surface area contributed by atoms with E-state index in [2.05, 4.69) is 37.2 Å². The summed E-state index contributed by atoms with van der Waals surface area (Å²) < 4.78 is 2.35. The number of likely N-dealkylation sites (tertiary alicyclic amines) is 1. The SMILES string of the molecule is O=C(CCCc1cccs1)N1CCC[C@H](c2nnc3n2CCCCC3)C1. The van der Waals surface area contributed by atoms with Crippen LogP contribution in [0.5, 0.6) is 0 Å². The Labute approximate surface area is 159 Å². The first kappa shape index (κ1) is 17.7. The minimum Gasteiger partial charge on any atom is -0.342 e. The van der Waals surface area contributed by atoms with Crippen molar-refractivity contribution < 1.29 is 4.79 Å². The lowest BCUT2D eigenvalue weighted by Gasteiger charge is -2.32. The monoisotopic (exact) mass is 372 g/mol. The molecule has 6 heteroatoms. The highest BCUT2D eigenvalue weighted by molar-refractivity contribution is 7.09. The molecule has 0 radical (unpaired) electrons. The van der Waals surface area contributed by atoms with Gasteiger partial charge < -0.3 is 9.47 Å². The molecule has 26 heavy (non-hydrogen) atoms. The highest BCUT2D eigenvalue weighted by atomic mass is 32.1. The van der Waals surface area contributed by atoms with Gasteiger partial charge in [0.2, 0.25) is 5.91 Å². The summed E-state index contributed by atoms with van der Waals surface area (Å²) in [5, 5.41) is 11.1. The fourth-order valence-corrected chi connectivity index (χ4v) is 5.00. The van der Waals surface area contributed by atoms with E-state index < -0.39 is 0 Å². The topological polar surface area (TPSA) is 51.0 Å². The number of carbonyl (C=O) groups excluding carboxylic acids is 1. The van der Waals surface area contributed by atoms with E-state index in [1.807, 2.05) is 0 Å². The molecule has 2 aliphatic rings. The molecule has 1 amide bonds. The summed E-state index contributed by atoms with van der Waals surface area (Å²) in [5.74, 6) is 2.93. The summed E-state index contributed by atoms with van der Waals surface area (Å²) >= 11 is 1.78. The molecule has 0 aliphatic carbocycles. The Hall–Kier alpha value is -1.69. The van der Waals surface area contributed by atoms with Crippen LogP contribution in [0.15, 0.2) is 17.5 Å². The number of aromatic nitrogens is 3. The molecule has 0 saturated carbocycles. The van der Waals surface area contributed by atoms with E-state index in [-0.39, 0.29) is 0 Å². The molecule has 4 rings (SSSR count). The maximum absolute atomic E-state index is 12.7. The van der Waals surface area contributed by atoms with Gasteiger partial charge in [-0.3, -0.25) is 4.79 Å². The van der Waals surface area contributed by atoms with Crippen molar-refractivity contribution in [3.05, 3.63) is 34.0 Å². The van der Waals surface area contributed by atoms with Gasteiger partial charge in [-0.2, -0.15) is 0 Å². The lowest BCUT2D eigenvalue weighted by molar-refractivity contribution is -0.132. The van der Waals surface area contributed by atoms with Crippen LogP contribution in [0.25, 0.3) is 0 Å². The fourth-order valence-electron chi connectivity index (χ4n) is 4.25. The average Bonchev–Trinajstić information content (AvgIpc) is 3.27. The summed E-state index contributed by atoms with van der Waals surface area (Å²) in [6.07, 6.45) is 9.57. The number of hydrogen-bond donors (Lipinski definition) is 0. The van der Waals surface area contributed by atoms with E-state index in [0.717, 1.165) is 63.4 Å². The third-order valence-electron chi connectivity index (χ3n) is 5.67. The smallest absolute Gasteiger partial charge is 0.222 e. The van der Waals surface area contributed by atoms with Gasteiger partial charge in [0.1, 0.15) is 11.6 Å². The van der Waals surface area contributed by atoms with Crippen molar-refractivity contribution in [1.29, 1.82) is 0 Å². The molecule has 0 aromatic carbocycles. The van der Waals surface area contributed by atoms with Crippen LogP contribution in [0.2, 0.25) is 0 Å². The molecule has 5 nitrogen and oxygen atoms in total.